The van der Waals surface area contributed by atoms with Gasteiger partial charge in [0.15, 0.2) is 11.6 Å². The van der Waals surface area contributed by atoms with E-state index < -0.39 is 20.7 Å². The number of carbonyl (C=O) groups is 1. The maximum Gasteiger partial charge on any atom is 0.360 e. The number of ketones is 1. The van der Waals surface area contributed by atoms with Crippen molar-refractivity contribution in [3.8, 4) is 11.4 Å². The van der Waals surface area contributed by atoms with E-state index in [0.717, 1.165) is 4.88 Å². The number of nitrogens with one attached hydrogen (secondary N) is 1. The van der Waals surface area contributed by atoms with Gasteiger partial charge < -0.3 is 24.9 Å². The summed E-state index contributed by atoms with van der Waals surface area (Å²) in [5, 5.41) is 2.64. The molecule has 0 spiro atoms. The number of anilines is 1. The SMILES string of the molecule is Cc1cc2c(NC(P(=O)(O)O)P(=O)(O)O)nc(-c3cccc(CC(=O)c4ccccc4)c3)nc2s1. The summed E-state index contributed by atoms with van der Waals surface area (Å²) < 4.78 is 23.6. The molecule has 0 atom stereocenters. The second kappa shape index (κ2) is 9.72. The average Bonchev–Trinajstić information content (AvgIpc) is 3.16. The molecular formula is C22H21N3O7P2S. The van der Waals surface area contributed by atoms with Crippen molar-refractivity contribution < 1.29 is 33.5 Å². The number of rotatable bonds is 8. The number of hydrogen-bond acceptors (Lipinski definition) is 7. The molecule has 35 heavy (non-hydrogen) atoms. The number of carbonyl (C=O) groups excluding carboxylic acids is 1. The van der Waals surface area contributed by atoms with Gasteiger partial charge in [-0.15, -0.1) is 11.3 Å². The van der Waals surface area contributed by atoms with Crippen LogP contribution in [0.25, 0.3) is 21.6 Å². The van der Waals surface area contributed by atoms with Crippen LogP contribution in [0.4, 0.5) is 5.82 Å². The molecule has 5 N–H and O–H groups in total. The Bertz CT molecular complexity index is 1480. The van der Waals surface area contributed by atoms with E-state index in [9.17, 15) is 33.5 Å². The van der Waals surface area contributed by atoms with Crippen LogP contribution in [-0.4, -0.2) is 40.8 Å². The third-order valence-corrected chi connectivity index (χ3v) is 9.35. The Kier molecular flexibility index (Phi) is 7.04. The summed E-state index contributed by atoms with van der Waals surface area (Å²) in [5.74, 6) is -0.00992. The highest BCUT2D eigenvalue weighted by molar-refractivity contribution is 7.71. The van der Waals surface area contributed by atoms with Crippen molar-refractivity contribution in [3.63, 3.8) is 0 Å². The molecule has 0 fully saturated rings. The zero-order valence-electron chi connectivity index (χ0n) is 18.3. The van der Waals surface area contributed by atoms with Crippen molar-refractivity contribution in [3.05, 3.63) is 76.7 Å². The predicted octanol–water partition coefficient (Wildman–Crippen LogP) is 4.14. The van der Waals surface area contributed by atoms with Crippen LogP contribution in [0, 0.1) is 6.92 Å². The van der Waals surface area contributed by atoms with Crippen molar-refractivity contribution in [2.75, 3.05) is 5.32 Å². The van der Waals surface area contributed by atoms with Crippen LogP contribution in [0.2, 0.25) is 0 Å². The third-order valence-electron chi connectivity index (χ3n) is 5.06. The van der Waals surface area contributed by atoms with E-state index in [1.54, 1.807) is 61.5 Å². The van der Waals surface area contributed by atoms with Gasteiger partial charge in [0, 0.05) is 22.4 Å². The molecule has 0 aliphatic carbocycles. The molecule has 4 rings (SSSR count). The molecule has 0 aliphatic heterocycles. The fourth-order valence-electron chi connectivity index (χ4n) is 3.50. The van der Waals surface area contributed by atoms with Crippen LogP contribution in [0.1, 0.15) is 20.8 Å². The number of nitrogens with zero attached hydrogens (tertiary/aromatic N) is 2. The van der Waals surface area contributed by atoms with Crippen molar-refractivity contribution in [2.24, 2.45) is 0 Å². The zero-order valence-corrected chi connectivity index (χ0v) is 20.9. The van der Waals surface area contributed by atoms with Gasteiger partial charge in [0.05, 0.1) is 5.39 Å². The number of thiophene rings is 1. The van der Waals surface area contributed by atoms with Gasteiger partial charge in [0.1, 0.15) is 10.6 Å². The molecule has 2 heterocycles. The molecule has 0 radical (unpaired) electrons. The Labute approximate surface area is 204 Å². The zero-order chi connectivity index (χ0) is 25.4. The second-order valence-corrected chi connectivity index (χ2v) is 12.9. The van der Waals surface area contributed by atoms with Crippen molar-refractivity contribution in [1.82, 2.24) is 9.97 Å². The summed E-state index contributed by atoms with van der Waals surface area (Å²) in [6.45, 7) is 1.80. The van der Waals surface area contributed by atoms with Crippen LogP contribution >= 0.6 is 26.5 Å². The first-order chi connectivity index (χ1) is 16.4. The number of aromatic nitrogens is 2. The Balaban J connectivity index is 1.74. The van der Waals surface area contributed by atoms with Crippen LogP contribution in [0.5, 0.6) is 0 Å². The van der Waals surface area contributed by atoms with Gasteiger partial charge in [0.2, 0.25) is 5.52 Å². The quantitative estimate of drug-likeness (QED) is 0.164. The highest BCUT2D eigenvalue weighted by atomic mass is 32.1. The Morgan fingerprint density at radius 3 is 2.31 bits per heavy atom. The second-order valence-electron chi connectivity index (χ2n) is 7.83. The maximum absolute atomic E-state index is 12.6. The molecule has 0 saturated heterocycles. The summed E-state index contributed by atoms with van der Waals surface area (Å²) >= 11 is 1.30. The number of fused-ring (bicyclic) bond motifs is 1. The van der Waals surface area contributed by atoms with E-state index >= 15 is 0 Å². The fourth-order valence-corrected chi connectivity index (χ4v) is 6.53. The molecule has 0 saturated carbocycles. The van der Waals surface area contributed by atoms with E-state index in [1.807, 2.05) is 6.07 Å². The molecular weight excluding hydrogens is 512 g/mol. The van der Waals surface area contributed by atoms with Crippen molar-refractivity contribution in [2.45, 2.75) is 18.9 Å². The van der Waals surface area contributed by atoms with Gasteiger partial charge in [-0.1, -0.05) is 48.5 Å². The minimum Gasteiger partial charge on any atom is -0.346 e. The van der Waals surface area contributed by atoms with Gasteiger partial charge in [-0.3, -0.25) is 13.9 Å². The lowest BCUT2D eigenvalue weighted by atomic mass is 10.0. The molecule has 0 aliphatic rings. The number of aryl methyl sites for hydroxylation is 1. The van der Waals surface area contributed by atoms with Crippen molar-refractivity contribution in [1.29, 1.82) is 0 Å². The summed E-state index contributed by atoms with van der Waals surface area (Å²) in [7, 11) is -10.5. The van der Waals surface area contributed by atoms with Gasteiger partial charge in [-0.25, -0.2) is 9.97 Å². The molecule has 10 nitrogen and oxygen atoms in total. The lowest BCUT2D eigenvalue weighted by Crippen LogP contribution is -2.21. The number of hydrogen-bond donors (Lipinski definition) is 5. The standard InChI is InChI=1S/C22H21N3O7P2S/c1-13-10-17-20(25-22(33(27,28)29)34(30,31)32)23-19(24-21(17)35-13)16-9-5-6-14(11-16)12-18(26)15-7-3-2-4-8-15/h2-11,22H,12H2,1H3,(H,23,24,25)(H2,27,28,29)(H2,30,31,32). The van der Waals surface area contributed by atoms with Crippen molar-refractivity contribution >= 4 is 48.3 Å². The highest BCUT2D eigenvalue weighted by Gasteiger charge is 2.44. The monoisotopic (exact) mass is 533 g/mol. The minimum atomic E-state index is -5.24. The van der Waals surface area contributed by atoms with E-state index in [2.05, 4.69) is 15.3 Å². The van der Waals surface area contributed by atoms with Gasteiger partial charge in [-0.05, 0) is 24.6 Å². The molecule has 2 aromatic carbocycles. The molecule has 0 amide bonds. The van der Waals surface area contributed by atoms with Crippen LogP contribution in [-0.2, 0) is 15.6 Å². The molecule has 182 valence electrons. The van der Waals surface area contributed by atoms with E-state index in [-0.39, 0.29) is 23.8 Å². The average molecular weight is 533 g/mol. The van der Waals surface area contributed by atoms with Gasteiger partial charge in [-0.2, -0.15) is 0 Å². The molecule has 0 bridgehead atoms. The van der Waals surface area contributed by atoms with E-state index in [0.29, 0.717) is 26.9 Å². The lowest BCUT2D eigenvalue weighted by Gasteiger charge is -2.21. The minimum absolute atomic E-state index is 0.0681. The molecule has 13 heteroatoms. The number of Topliss-reactive ketones (excluding diaryl/α,β-unsaturated/α-hetero) is 1. The smallest absolute Gasteiger partial charge is 0.346 e. The summed E-state index contributed by atoms with van der Waals surface area (Å²) in [6.07, 6.45) is 0.141. The molecule has 2 aromatic heterocycles. The largest absolute Gasteiger partial charge is 0.360 e. The van der Waals surface area contributed by atoms with Crippen LogP contribution in [0.3, 0.4) is 0 Å². The third kappa shape index (κ3) is 5.91. The normalized spacial score (nSPS) is 12.3. The van der Waals surface area contributed by atoms with E-state index in [1.165, 1.54) is 11.3 Å². The van der Waals surface area contributed by atoms with Crippen LogP contribution in [0.15, 0.2) is 60.7 Å². The van der Waals surface area contributed by atoms with Gasteiger partial charge in [0.25, 0.3) is 0 Å². The first-order valence-electron chi connectivity index (χ1n) is 10.2. The fraction of sp³-hybridized carbons (Fsp3) is 0.136. The Morgan fingerprint density at radius 2 is 1.66 bits per heavy atom. The molecule has 4 aromatic rings. The summed E-state index contributed by atoms with van der Waals surface area (Å²) in [4.78, 5) is 60.9. The number of benzene rings is 2. The Hall–Kier alpha value is -2.75. The summed E-state index contributed by atoms with van der Waals surface area (Å²) in [5.41, 5.74) is -0.642. The summed E-state index contributed by atoms with van der Waals surface area (Å²) in [6, 6.07) is 17.5. The lowest BCUT2D eigenvalue weighted by molar-refractivity contribution is 0.0993. The predicted molar refractivity (Wildman–Crippen MR) is 134 cm³/mol. The molecule has 0 unspecified atom stereocenters. The van der Waals surface area contributed by atoms with Crippen LogP contribution < -0.4 is 5.32 Å². The van der Waals surface area contributed by atoms with E-state index in [4.69, 9.17) is 0 Å². The van der Waals surface area contributed by atoms with Gasteiger partial charge >= 0.3 is 15.2 Å². The first kappa shape index (κ1) is 25.3. The topological polar surface area (TPSA) is 170 Å². The maximum atomic E-state index is 12.6. The Morgan fingerprint density at radius 1 is 0.971 bits per heavy atom. The first-order valence-corrected chi connectivity index (χ1v) is 14.4. The highest BCUT2D eigenvalue weighted by Crippen LogP contribution is 2.59.